The number of aryl methyl sites for hydroxylation is 1. The van der Waals surface area contributed by atoms with Crippen molar-refractivity contribution >= 4 is 56.5 Å². The first-order valence-corrected chi connectivity index (χ1v) is 12.0. The van der Waals surface area contributed by atoms with E-state index in [4.69, 9.17) is 27.9 Å². The maximum absolute atomic E-state index is 12.7. The molecular formula is C23H20Cl2N2O5S. The van der Waals surface area contributed by atoms with Crippen molar-refractivity contribution in [2.24, 2.45) is 0 Å². The first-order chi connectivity index (χ1) is 15.6. The third kappa shape index (κ3) is 6.04. The van der Waals surface area contributed by atoms with E-state index in [9.17, 15) is 18.0 Å². The molecule has 0 heterocycles. The fourth-order valence-corrected chi connectivity index (χ4v) is 4.39. The van der Waals surface area contributed by atoms with Gasteiger partial charge in [0, 0.05) is 11.3 Å². The summed E-state index contributed by atoms with van der Waals surface area (Å²) in [5, 5.41) is 2.88. The highest BCUT2D eigenvalue weighted by Crippen LogP contribution is 2.27. The van der Waals surface area contributed by atoms with Gasteiger partial charge in [0.05, 0.1) is 32.8 Å². The Kier molecular flexibility index (Phi) is 7.63. The maximum atomic E-state index is 12.7. The predicted molar refractivity (Wildman–Crippen MR) is 129 cm³/mol. The van der Waals surface area contributed by atoms with Crippen LogP contribution in [0.4, 0.5) is 11.4 Å². The molecule has 0 saturated heterocycles. The summed E-state index contributed by atoms with van der Waals surface area (Å²) in [6, 6.07) is 14.9. The number of nitrogens with one attached hydrogen (secondary N) is 2. The van der Waals surface area contributed by atoms with Gasteiger partial charge >= 0.3 is 5.97 Å². The molecule has 33 heavy (non-hydrogen) atoms. The number of halogens is 2. The Morgan fingerprint density at radius 2 is 1.64 bits per heavy atom. The van der Waals surface area contributed by atoms with E-state index in [2.05, 4.69) is 10.0 Å². The lowest BCUT2D eigenvalue weighted by atomic mass is 10.1. The minimum Gasteiger partial charge on any atom is -0.462 e. The highest BCUT2D eigenvalue weighted by molar-refractivity contribution is 7.92. The summed E-state index contributed by atoms with van der Waals surface area (Å²) in [6.45, 7) is 3.71. The summed E-state index contributed by atoms with van der Waals surface area (Å²) in [5.41, 5.74) is 1.69. The van der Waals surface area contributed by atoms with Gasteiger partial charge in [0.1, 0.15) is 0 Å². The summed E-state index contributed by atoms with van der Waals surface area (Å²) < 4.78 is 32.5. The van der Waals surface area contributed by atoms with Gasteiger partial charge in [0.25, 0.3) is 15.9 Å². The van der Waals surface area contributed by atoms with Crippen LogP contribution < -0.4 is 10.0 Å². The Balaban J connectivity index is 1.77. The molecule has 0 aliphatic rings. The van der Waals surface area contributed by atoms with E-state index in [1.165, 1.54) is 48.5 Å². The van der Waals surface area contributed by atoms with Crippen molar-refractivity contribution in [1.29, 1.82) is 0 Å². The molecule has 10 heteroatoms. The van der Waals surface area contributed by atoms with Crippen molar-refractivity contribution in [1.82, 2.24) is 0 Å². The summed E-state index contributed by atoms with van der Waals surface area (Å²) in [6.07, 6.45) is 0. The van der Waals surface area contributed by atoms with Crippen molar-refractivity contribution in [3.8, 4) is 0 Å². The van der Waals surface area contributed by atoms with E-state index < -0.39 is 21.9 Å². The average Bonchev–Trinajstić information content (AvgIpc) is 2.76. The second kappa shape index (κ2) is 10.2. The summed E-state index contributed by atoms with van der Waals surface area (Å²) in [7, 11) is -3.85. The Labute approximate surface area is 201 Å². The zero-order chi connectivity index (χ0) is 24.2. The molecule has 0 aliphatic carbocycles. The monoisotopic (exact) mass is 506 g/mol. The van der Waals surface area contributed by atoms with Crippen LogP contribution >= 0.6 is 23.2 Å². The molecule has 0 aliphatic heterocycles. The molecule has 0 radical (unpaired) electrons. The Morgan fingerprint density at radius 3 is 2.27 bits per heavy atom. The molecule has 172 valence electrons. The molecule has 1 amide bonds. The standard InChI is InChI=1S/C23H20Cl2N2O5S/c1-3-32-23(29)18-13-16(7-10-19(18)24)26-22(28)15-6-11-21(20(25)12-15)27-33(30,31)17-8-4-14(2)5-9-17/h4-13,27H,3H2,1-2H3,(H,26,28). The van der Waals surface area contributed by atoms with Crippen LogP contribution in [-0.2, 0) is 14.8 Å². The predicted octanol–water partition coefficient (Wildman–Crippen LogP) is 5.53. The van der Waals surface area contributed by atoms with Crippen LogP contribution in [0, 0.1) is 6.92 Å². The normalized spacial score (nSPS) is 11.0. The van der Waals surface area contributed by atoms with Crippen LogP contribution in [0.2, 0.25) is 10.0 Å². The zero-order valence-corrected chi connectivity index (χ0v) is 20.0. The molecule has 0 saturated carbocycles. The van der Waals surface area contributed by atoms with Gasteiger partial charge in [0.15, 0.2) is 0 Å². The quantitative estimate of drug-likeness (QED) is 0.410. The molecular weight excluding hydrogens is 487 g/mol. The molecule has 7 nitrogen and oxygen atoms in total. The Bertz CT molecular complexity index is 1310. The second-order valence-electron chi connectivity index (χ2n) is 6.98. The summed E-state index contributed by atoms with van der Waals surface area (Å²) in [5.74, 6) is -1.12. The lowest BCUT2D eigenvalue weighted by Gasteiger charge is -2.12. The fraction of sp³-hybridized carbons (Fsp3) is 0.130. The lowest BCUT2D eigenvalue weighted by Crippen LogP contribution is -2.15. The highest BCUT2D eigenvalue weighted by atomic mass is 35.5. The molecule has 3 aromatic rings. The molecule has 2 N–H and O–H groups in total. The van der Waals surface area contributed by atoms with E-state index in [0.29, 0.717) is 5.69 Å². The van der Waals surface area contributed by atoms with Gasteiger partial charge in [0.2, 0.25) is 0 Å². The van der Waals surface area contributed by atoms with Crippen LogP contribution in [0.15, 0.2) is 65.6 Å². The number of hydrogen-bond donors (Lipinski definition) is 2. The number of carbonyl (C=O) groups is 2. The van der Waals surface area contributed by atoms with Crippen molar-refractivity contribution in [3.05, 3.63) is 87.4 Å². The summed E-state index contributed by atoms with van der Waals surface area (Å²) in [4.78, 5) is 24.7. The van der Waals surface area contributed by atoms with E-state index in [1.807, 2.05) is 6.92 Å². The molecule has 0 spiro atoms. The number of carbonyl (C=O) groups excluding carboxylic acids is 2. The number of hydrogen-bond acceptors (Lipinski definition) is 5. The molecule has 0 atom stereocenters. The van der Waals surface area contributed by atoms with E-state index >= 15 is 0 Å². The largest absolute Gasteiger partial charge is 0.462 e. The number of benzene rings is 3. The molecule has 3 aromatic carbocycles. The first kappa shape index (κ1) is 24.6. The SMILES string of the molecule is CCOC(=O)c1cc(NC(=O)c2ccc(NS(=O)(=O)c3ccc(C)cc3)c(Cl)c2)ccc1Cl. The molecule has 0 aromatic heterocycles. The fourth-order valence-electron chi connectivity index (χ4n) is 2.83. The van der Waals surface area contributed by atoms with Gasteiger partial charge in [-0.15, -0.1) is 0 Å². The number of sulfonamides is 1. The van der Waals surface area contributed by atoms with Crippen molar-refractivity contribution in [2.45, 2.75) is 18.7 Å². The highest BCUT2D eigenvalue weighted by Gasteiger charge is 2.18. The smallest absolute Gasteiger partial charge is 0.339 e. The third-order valence-electron chi connectivity index (χ3n) is 4.53. The molecule has 0 unspecified atom stereocenters. The maximum Gasteiger partial charge on any atom is 0.339 e. The van der Waals surface area contributed by atoms with Gasteiger partial charge in [-0.1, -0.05) is 40.9 Å². The second-order valence-corrected chi connectivity index (χ2v) is 9.48. The van der Waals surface area contributed by atoms with Gasteiger partial charge in [-0.25, -0.2) is 13.2 Å². The van der Waals surface area contributed by atoms with Crippen molar-refractivity contribution in [3.63, 3.8) is 0 Å². The first-order valence-electron chi connectivity index (χ1n) is 9.78. The Morgan fingerprint density at radius 1 is 0.939 bits per heavy atom. The topological polar surface area (TPSA) is 102 Å². The molecule has 0 fully saturated rings. The van der Waals surface area contributed by atoms with Gasteiger partial charge < -0.3 is 10.1 Å². The van der Waals surface area contributed by atoms with Gasteiger partial charge in [-0.05, 0) is 62.4 Å². The van der Waals surface area contributed by atoms with Gasteiger partial charge in [-0.3, -0.25) is 9.52 Å². The van der Waals surface area contributed by atoms with Gasteiger partial charge in [-0.2, -0.15) is 0 Å². The number of ether oxygens (including phenoxy) is 1. The lowest BCUT2D eigenvalue weighted by molar-refractivity contribution is 0.0526. The number of amides is 1. The van der Waals surface area contributed by atoms with Crippen LogP contribution in [0.3, 0.4) is 0 Å². The van der Waals surface area contributed by atoms with Crippen molar-refractivity contribution < 1.29 is 22.7 Å². The minimum atomic E-state index is -3.85. The third-order valence-corrected chi connectivity index (χ3v) is 6.55. The Hall–Kier alpha value is -3.07. The van der Waals surface area contributed by atoms with Crippen LogP contribution in [-0.4, -0.2) is 26.9 Å². The zero-order valence-electron chi connectivity index (χ0n) is 17.7. The van der Waals surface area contributed by atoms with Crippen LogP contribution in [0.1, 0.15) is 33.2 Å². The molecule has 0 bridgehead atoms. The van der Waals surface area contributed by atoms with Crippen LogP contribution in [0.5, 0.6) is 0 Å². The summed E-state index contributed by atoms with van der Waals surface area (Å²) >= 11 is 12.3. The average molecular weight is 507 g/mol. The number of rotatable bonds is 7. The number of anilines is 2. The number of esters is 1. The molecule has 3 rings (SSSR count). The van der Waals surface area contributed by atoms with Crippen molar-refractivity contribution in [2.75, 3.05) is 16.6 Å². The van der Waals surface area contributed by atoms with E-state index in [-0.39, 0.29) is 38.4 Å². The van der Waals surface area contributed by atoms with Crippen LogP contribution in [0.25, 0.3) is 0 Å². The van der Waals surface area contributed by atoms with E-state index in [1.54, 1.807) is 19.1 Å². The van der Waals surface area contributed by atoms with E-state index in [0.717, 1.165) is 5.56 Å². The minimum absolute atomic E-state index is 0.0432.